The molecule has 140 valence electrons. The third-order valence-electron chi connectivity index (χ3n) is 5.72. The predicted molar refractivity (Wildman–Crippen MR) is 96.6 cm³/mol. The van der Waals surface area contributed by atoms with Crippen molar-refractivity contribution in [1.29, 1.82) is 0 Å². The normalized spacial score (nSPS) is 25.6. The van der Waals surface area contributed by atoms with Gasteiger partial charge in [0.05, 0.1) is 11.6 Å². The number of halogens is 1. The first-order valence-electron chi connectivity index (χ1n) is 9.44. The van der Waals surface area contributed by atoms with Crippen LogP contribution in [0.25, 0.3) is 0 Å². The molecule has 4 rings (SSSR count). The molecular formula is C19H25FN4O2. The number of nitrogens with zero attached hydrogens (tertiary/aromatic N) is 2. The number of amides is 2. The number of piperazine rings is 1. The van der Waals surface area contributed by atoms with E-state index in [1.54, 1.807) is 6.07 Å². The molecule has 1 unspecified atom stereocenters. The van der Waals surface area contributed by atoms with Crippen LogP contribution in [-0.4, -0.2) is 62.0 Å². The summed E-state index contributed by atoms with van der Waals surface area (Å²) in [6.07, 6.45) is 1.57. The number of imide groups is 1. The zero-order valence-electron chi connectivity index (χ0n) is 14.8. The summed E-state index contributed by atoms with van der Waals surface area (Å²) in [4.78, 5) is 28.2. The summed E-state index contributed by atoms with van der Waals surface area (Å²) >= 11 is 0. The summed E-state index contributed by atoms with van der Waals surface area (Å²) in [6.45, 7) is 5.82. The Balaban J connectivity index is 1.42. The minimum Gasteiger partial charge on any atom is -0.366 e. The smallest absolute Gasteiger partial charge is 0.234 e. The molecule has 0 bridgehead atoms. The van der Waals surface area contributed by atoms with Crippen LogP contribution in [0, 0.1) is 5.82 Å². The van der Waals surface area contributed by atoms with E-state index in [0.717, 1.165) is 39.3 Å². The van der Waals surface area contributed by atoms with E-state index in [4.69, 9.17) is 0 Å². The highest BCUT2D eigenvalue weighted by atomic mass is 19.1. The van der Waals surface area contributed by atoms with Crippen molar-refractivity contribution in [3.8, 4) is 0 Å². The fourth-order valence-corrected chi connectivity index (χ4v) is 4.13. The van der Waals surface area contributed by atoms with Crippen LogP contribution in [0.3, 0.4) is 0 Å². The molecule has 0 spiro atoms. The molecular weight excluding hydrogens is 335 g/mol. The van der Waals surface area contributed by atoms with Crippen LogP contribution in [0.15, 0.2) is 18.2 Å². The quantitative estimate of drug-likeness (QED) is 0.782. The first kappa shape index (κ1) is 17.4. The van der Waals surface area contributed by atoms with Gasteiger partial charge in [0.1, 0.15) is 5.82 Å². The molecule has 1 atom stereocenters. The van der Waals surface area contributed by atoms with Gasteiger partial charge in [0.2, 0.25) is 11.8 Å². The predicted octanol–water partition coefficient (Wildman–Crippen LogP) is 0.830. The van der Waals surface area contributed by atoms with E-state index in [-0.39, 0.29) is 17.6 Å². The van der Waals surface area contributed by atoms with Gasteiger partial charge < -0.3 is 10.2 Å². The third kappa shape index (κ3) is 3.46. The average Bonchev–Trinajstić information content (AvgIpc) is 2.76. The van der Waals surface area contributed by atoms with Gasteiger partial charge in [0, 0.05) is 51.7 Å². The van der Waals surface area contributed by atoms with E-state index < -0.39 is 5.92 Å². The summed E-state index contributed by atoms with van der Waals surface area (Å²) in [6, 6.07) is 5.57. The van der Waals surface area contributed by atoms with Gasteiger partial charge in [-0.25, -0.2) is 4.39 Å². The van der Waals surface area contributed by atoms with Crippen LogP contribution < -0.4 is 15.5 Å². The highest BCUT2D eigenvalue weighted by Crippen LogP contribution is 2.31. The maximum atomic E-state index is 14.7. The Morgan fingerprint density at radius 1 is 1.12 bits per heavy atom. The van der Waals surface area contributed by atoms with Crippen LogP contribution in [-0.2, 0) is 9.59 Å². The van der Waals surface area contributed by atoms with Gasteiger partial charge in [-0.2, -0.15) is 0 Å². The molecule has 1 aromatic carbocycles. The molecule has 6 nitrogen and oxygen atoms in total. The standard InChI is InChI=1S/C19H25FN4O2/c20-16-10-13(15-2-1-3-18(25)22-19(15)26)4-5-17(16)24-11-14(12-24)23-8-6-21-7-9-23/h4-5,10,14-15,21H,1-3,6-9,11-12H2,(H,22,25,26). The number of anilines is 1. The molecule has 2 N–H and O–H groups in total. The monoisotopic (exact) mass is 360 g/mol. The first-order chi connectivity index (χ1) is 12.6. The molecule has 0 saturated carbocycles. The zero-order chi connectivity index (χ0) is 18.1. The van der Waals surface area contributed by atoms with Crippen LogP contribution in [0.2, 0.25) is 0 Å². The summed E-state index contributed by atoms with van der Waals surface area (Å²) in [5, 5.41) is 5.74. The minimum absolute atomic E-state index is 0.242. The van der Waals surface area contributed by atoms with Gasteiger partial charge in [-0.05, 0) is 30.5 Å². The van der Waals surface area contributed by atoms with Crippen molar-refractivity contribution in [1.82, 2.24) is 15.5 Å². The minimum atomic E-state index is -0.449. The maximum Gasteiger partial charge on any atom is 0.234 e. The second-order valence-corrected chi connectivity index (χ2v) is 7.41. The summed E-state index contributed by atoms with van der Waals surface area (Å²) in [5.74, 6) is -1.30. The number of rotatable bonds is 3. The number of benzene rings is 1. The topological polar surface area (TPSA) is 64.7 Å². The fourth-order valence-electron chi connectivity index (χ4n) is 4.13. The Bertz CT molecular complexity index is 699. The molecule has 0 radical (unpaired) electrons. The Morgan fingerprint density at radius 2 is 1.88 bits per heavy atom. The fraction of sp³-hybridized carbons (Fsp3) is 0.579. The lowest BCUT2D eigenvalue weighted by Gasteiger charge is -2.48. The Kier molecular flexibility index (Phi) is 4.91. The number of hydrogen-bond donors (Lipinski definition) is 2. The van der Waals surface area contributed by atoms with Gasteiger partial charge in [-0.15, -0.1) is 0 Å². The lowest BCUT2D eigenvalue weighted by molar-refractivity contribution is -0.130. The third-order valence-corrected chi connectivity index (χ3v) is 5.72. The van der Waals surface area contributed by atoms with E-state index in [1.165, 1.54) is 6.07 Å². The highest BCUT2D eigenvalue weighted by molar-refractivity contribution is 5.99. The second-order valence-electron chi connectivity index (χ2n) is 7.41. The Hall–Kier alpha value is -1.99. The number of carbonyl (C=O) groups excluding carboxylic acids is 2. The molecule has 3 fully saturated rings. The number of carbonyl (C=O) groups is 2. The van der Waals surface area contributed by atoms with E-state index in [1.807, 2.05) is 6.07 Å². The molecule has 3 aliphatic heterocycles. The first-order valence-corrected chi connectivity index (χ1v) is 9.44. The molecule has 3 saturated heterocycles. The van der Waals surface area contributed by atoms with Gasteiger partial charge in [-0.1, -0.05) is 6.07 Å². The number of hydrogen-bond acceptors (Lipinski definition) is 5. The van der Waals surface area contributed by atoms with Crippen LogP contribution in [0.4, 0.5) is 10.1 Å². The molecule has 26 heavy (non-hydrogen) atoms. The van der Waals surface area contributed by atoms with Crippen molar-refractivity contribution >= 4 is 17.5 Å². The van der Waals surface area contributed by atoms with Gasteiger partial charge in [0.25, 0.3) is 0 Å². The summed E-state index contributed by atoms with van der Waals surface area (Å²) in [7, 11) is 0. The number of nitrogens with one attached hydrogen (secondary N) is 2. The molecule has 1 aromatic rings. The largest absolute Gasteiger partial charge is 0.366 e. The maximum absolute atomic E-state index is 14.7. The summed E-state index contributed by atoms with van der Waals surface area (Å²) < 4.78 is 14.7. The second kappa shape index (κ2) is 7.32. The molecule has 3 heterocycles. The molecule has 7 heteroatoms. The zero-order valence-corrected chi connectivity index (χ0v) is 14.8. The van der Waals surface area contributed by atoms with Crippen molar-refractivity contribution in [2.45, 2.75) is 31.2 Å². The van der Waals surface area contributed by atoms with E-state index in [2.05, 4.69) is 20.4 Å². The van der Waals surface area contributed by atoms with Crippen LogP contribution >= 0.6 is 0 Å². The average molecular weight is 360 g/mol. The van der Waals surface area contributed by atoms with Gasteiger partial charge in [-0.3, -0.25) is 19.8 Å². The van der Waals surface area contributed by atoms with Crippen molar-refractivity contribution in [3.63, 3.8) is 0 Å². The van der Waals surface area contributed by atoms with Crippen molar-refractivity contribution in [2.75, 3.05) is 44.2 Å². The Morgan fingerprint density at radius 3 is 2.62 bits per heavy atom. The molecule has 2 amide bonds. The van der Waals surface area contributed by atoms with Crippen LogP contribution in [0.1, 0.15) is 30.7 Å². The highest BCUT2D eigenvalue weighted by Gasteiger charge is 2.34. The van der Waals surface area contributed by atoms with E-state index in [9.17, 15) is 14.0 Å². The molecule has 0 aliphatic carbocycles. The Labute approximate surface area is 152 Å². The van der Waals surface area contributed by atoms with E-state index >= 15 is 0 Å². The van der Waals surface area contributed by atoms with Gasteiger partial charge in [0.15, 0.2) is 0 Å². The lowest BCUT2D eigenvalue weighted by atomic mass is 9.93. The van der Waals surface area contributed by atoms with E-state index in [0.29, 0.717) is 36.6 Å². The summed E-state index contributed by atoms with van der Waals surface area (Å²) in [5.41, 5.74) is 1.25. The van der Waals surface area contributed by atoms with Crippen molar-refractivity contribution in [2.24, 2.45) is 0 Å². The lowest BCUT2D eigenvalue weighted by Crippen LogP contribution is -2.63. The SMILES string of the molecule is O=C1CCCC(c2ccc(N3CC(N4CCNCC4)C3)c(F)c2)C(=O)N1. The van der Waals surface area contributed by atoms with Crippen LogP contribution in [0.5, 0.6) is 0 Å². The van der Waals surface area contributed by atoms with Gasteiger partial charge >= 0.3 is 0 Å². The van der Waals surface area contributed by atoms with Crippen molar-refractivity contribution in [3.05, 3.63) is 29.6 Å². The van der Waals surface area contributed by atoms with Crippen molar-refractivity contribution < 1.29 is 14.0 Å². The molecule has 3 aliphatic rings. The molecule has 0 aromatic heterocycles.